The van der Waals surface area contributed by atoms with Crippen molar-refractivity contribution in [1.29, 1.82) is 0 Å². The van der Waals surface area contributed by atoms with Gasteiger partial charge in [0.15, 0.2) is 5.78 Å². The van der Waals surface area contributed by atoms with Crippen LogP contribution >= 0.6 is 0 Å². The van der Waals surface area contributed by atoms with Gasteiger partial charge >= 0.3 is 0 Å². The summed E-state index contributed by atoms with van der Waals surface area (Å²) >= 11 is 0. The summed E-state index contributed by atoms with van der Waals surface area (Å²) in [4.78, 5) is 11.0. The zero-order valence-corrected chi connectivity index (χ0v) is 5.91. The van der Waals surface area contributed by atoms with Gasteiger partial charge in [0, 0.05) is 7.11 Å². The molecule has 0 N–H and O–H groups in total. The van der Waals surface area contributed by atoms with E-state index >= 15 is 0 Å². The van der Waals surface area contributed by atoms with Gasteiger partial charge in [-0.1, -0.05) is 6.08 Å². The lowest BCUT2D eigenvalue weighted by Gasteiger charge is -2.37. The standard InChI is InChI=1S/C8H10O2/c1-10-7-4-5-2-3-6(9)8(5)7/h2-3,5,7-8H,4H2,1H3. The molecule has 1 fully saturated rings. The van der Waals surface area contributed by atoms with Gasteiger partial charge in [-0.05, 0) is 18.4 Å². The molecular formula is C8H10O2. The molecule has 2 heteroatoms. The van der Waals surface area contributed by atoms with Gasteiger partial charge in [-0.25, -0.2) is 0 Å². The molecule has 0 aromatic heterocycles. The molecule has 10 heavy (non-hydrogen) atoms. The minimum atomic E-state index is 0.171. The lowest BCUT2D eigenvalue weighted by atomic mass is 9.73. The number of ether oxygens (including phenoxy) is 1. The smallest absolute Gasteiger partial charge is 0.161 e. The summed E-state index contributed by atoms with van der Waals surface area (Å²) in [7, 11) is 1.67. The van der Waals surface area contributed by atoms with Crippen LogP contribution < -0.4 is 0 Å². The average Bonchev–Trinajstić information content (AvgIpc) is 2.09. The van der Waals surface area contributed by atoms with E-state index in [0.29, 0.717) is 5.92 Å². The van der Waals surface area contributed by atoms with Crippen LogP contribution in [0.25, 0.3) is 0 Å². The van der Waals surface area contributed by atoms with Crippen LogP contribution in [0.1, 0.15) is 6.42 Å². The Labute approximate surface area is 59.9 Å². The molecule has 2 aliphatic rings. The van der Waals surface area contributed by atoms with Crippen molar-refractivity contribution in [1.82, 2.24) is 0 Å². The van der Waals surface area contributed by atoms with Gasteiger partial charge in [0.1, 0.15) is 0 Å². The molecule has 2 rings (SSSR count). The molecule has 0 radical (unpaired) electrons. The average molecular weight is 138 g/mol. The number of allylic oxidation sites excluding steroid dienone is 2. The summed E-state index contributed by atoms with van der Waals surface area (Å²) in [6, 6.07) is 0. The number of hydrogen-bond donors (Lipinski definition) is 0. The van der Waals surface area contributed by atoms with E-state index in [1.165, 1.54) is 0 Å². The fourth-order valence-corrected chi connectivity index (χ4v) is 1.81. The zero-order chi connectivity index (χ0) is 7.14. The number of methoxy groups -OCH3 is 1. The fourth-order valence-electron chi connectivity index (χ4n) is 1.81. The van der Waals surface area contributed by atoms with E-state index < -0.39 is 0 Å². The third-order valence-corrected chi connectivity index (χ3v) is 2.51. The maximum absolute atomic E-state index is 11.0. The van der Waals surface area contributed by atoms with E-state index in [2.05, 4.69) is 0 Å². The molecule has 0 amide bonds. The summed E-state index contributed by atoms with van der Waals surface area (Å²) < 4.78 is 5.11. The third-order valence-electron chi connectivity index (χ3n) is 2.51. The van der Waals surface area contributed by atoms with Crippen LogP contribution in [0.3, 0.4) is 0 Å². The molecule has 0 saturated heterocycles. The molecule has 0 bridgehead atoms. The minimum Gasteiger partial charge on any atom is -0.381 e. The lowest BCUT2D eigenvalue weighted by molar-refractivity contribution is -0.130. The second kappa shape index (κ2) is 1.92. The highest BCUT2D eigenvalue weighted by molar-refractivity contribution is 5.96. The van der Waals surface area contributed by atoms with Crippen molar-refractivity contribution in [2.24, 2.45) is 11.8 Å². The number of ketones is 1. The molecule has 2 aliphatic carbocycles. The van der Waals surface area contributed by atoms with Crippen molar-refractivity contribution < 1.29 is 9.53 Å². The molecular weight excluding hydrogens is 128 g/mol. The van der Waals surface area contributed by atoms with Gasteiger partial charge < -0.3 is 4.74 Å². The van der Waals surface area contributed by atoms with Crippen LogP contribution in [0.4, 0.5) is 0 Å². The van der Waals surface area contributed by atoms with E-state index in [1.807, 2.05) is 6.08 Å². The van der Waals surface area contributed by atoms with Crippen LogP contribution in [0.2, 0.25) is 0 Å². The zero-order valence-electron chi connectivity index (χ0n) is 5.91. The van der Waals surface area contributed by atoms with E-state index in [9.17, 15) is 4.79 Å². The Morgan fingerprint density at radius 1 is 1.70 bits per heavy atom. The van der Waals surface area contributed by atoms with Crippen molar-refractivity contribution in [3.63, 3.8) is 0 Å². The number of carbonyl (C=O) groups is 1. The fraction of sp³-hybridized carbons (Fsp3) is 0.625. The van der Waals surface area contributed by atoms with Crippen molar-refractivity contribution in [3.8, 4) is 0 Å². The normalized spacial score (nSPS) is 43.3. The Morgan fingerprint density at radius 2 is 2.50 bits per heavy atom. The number of hydrogen-bond acceptors (Lipinski definition) is 2. The highest BCUT2D eigenvalue weighted by atomic mass is 16.5. The Morgan fingerprint density at radius 3 is 3.10 bits per heavy atom. The molecule has 1 saturated carbocycles. The molecule has 3 atom stereocenters. The number of carbonyl (C=O) groups excluding carboxylic acids is 1. The summed E-state index contributed by atoms with van der Waals surface area (Å²) in [5.74, 6) is 0.922. The van der Waals surface area contributed by atoms with Gasteiger partial charge in [0.25, 0.3) is 0 Å². The monoisotopic (exact) mass is 138 g/mol. The quantitative estimate of drug-likeness (QED) is 0.535. The van der Waals surface area contributed by atoms with Crippen molar-refractivity contribution >= 4 is 5.78 Å². The van der Waals surface area contributed by atoms with E-state index in [1.54, 1.807) is 13.2 Å². The largest absolute Gasteiger partial charge is 0.381 e. The Kier molecular flexibility index (Phi) is 1.17. The Bertz CT molecular complexity index is 195. The predicted molar refractivity (Wildman–Crippen MR) is 36.5 cm³/mol. The van der Waals surface area contributed by atoms with Gasteiger partial charge in [0.05, 0.1) is 12.0 Å². The number of rotatable bonds is 1. The minimum absolute atomic E-state index is 0.171. The Hall–Kier alpha value is -0.630. The first-order valence-electron chi connectivity index (χ1n) is 3.58. The van der Waals surface area contributed by atoms with Gasteiger partial charge in [-0.15, -0.1) is 0 Å². The van der Waals surface area contributed by atoms with Gasteiger partial charge in [-0.3, -0.25) is 4.79 Å². The van der Waals surface area contributed by atoms with Crippen molar-refractivity contribution in [2.75, 3.05) is 7.11 Å². The molecule has 0 aromatic carbocycles. The van der Waals surface area contributed by atoms with Gasteiger partial charge in [-0.2, -0.15) is 0 Å². The van der Waals surface area contributed by atoms with Crippen molar-refractivity contribution in [2.45, 2.75) is 12.5 Å². The first kappa shape index (κ1) is 6.10. The first-order valence-corrected chi connectivity index (χ1v) is 3.58. The molecule has 0 spiro atoms. The highest BCUT2D eigenvalue weighted by Crippen LogP contribution is 2.42. The summed E-state index contributed by atoms with van der Waals surface area (Å²) in [6.45, 7) is 0. The SMILES string of the molecule is COC1CC2C=CC(=O)C21. The van der Waals surface area contributed by atoms with Crippen LogP contribution in [-0.4, -0.2) is 19.0 Å². The van der Waals surface area contributed by atoms with Crippen LogP contribution in [-0.2, 0) is 9.53 Å². The molecule has 0 heterocycles. The maximum atomic E-state index is 11.0. The van der Waals surface area contributed by atoms with Crippen LogP contribution in [0.5, 0.6) is 0 Å². The summed E-state index contributed by atoms with van der Waals surface area (Å²) in [5, 5.41) is 0. The second-order valence-corrected chi connectivity index (χ2v) is 2.96. The molecule has 2 nitrogen and oxygen atoms in total. The first-order chi connectivity index (χ1) is 4.83. The van der Waals surface area contributed by atoms with Crippen LogP contribution in [0.15, 0.2) is 12.2 Å². The summed E-state index contributed by atoms with van der Waals surface area (Å²) in [5.41, 5.74) is 0. The predicted octanol–water partition coefficient (Wildman–Crippen LogP) is 0.776. The maximum Gasteiger partial charge on any atom is 0.161 e. The van der Waals surface area contributed by atoms with Gasteiger partial charge in [0.2, 0.25) is 0 Å². The molecule has 3 unspecified atom stereocenters. The van der Waals surface area contributed by atoms with Crippen molar-refractivity contribution in [3.05, 3.63) is 12.2 Å². The highest BCUT2D eigenvalue weighted by Gasteiger charge is 2.46. The topological polar surface area (TPSA) is 26.3 Å². The Balaban J connectivity index is 2.10. The number of fused-ring (bicyclic) bond motifs is 1. The third kappa shape index (κ3) is 0.598. The van der Waals surface area contributed by atoms with Crippen LogP contribution in [0, 0.1) is 11.8 Å². The molecule has 0 aromatic rings. The van der Waals surface area contributed by atoms with E-state index in [0.717, 1.165) is 6.42 Å². The van der Waals surface area contributed by atoms with E-state index in [4.69, 9.17) is 4.74 Å². The summed E-state index contributed by atoms with van der Waals surface area (Å²) in [6.07, 6.45) is 4.92. The molecule has 0 aliphatic heterocycles. The lowest BCUT2D eigenvalue weighted by Crippen LogP contribution is -2.42. The molecule has 54 valence electrons. The van der Waals surface area contributed by atoms with E-state index in [-0.39, 0.29) is 17.8 Å². The second-order valence-electron chi connectivity index (χ2n) is 2.96.